The van der Waals surface area contributed by atoms with Gasteiger partial charge >= 0.3 is 0 Å². The highest BCUT2D eigenvalue weighted by Gasteiger charge is 2.15. The second kappa shape index (κ2) is 6.41. The van der Waals surface area contributed by atoms with Crippen LogP contribution in [-0.2, 0) is 0 Å². The van der Waals surface area contributed by atoms with E-state index in [2.05, 4.69) is 48.8 Å². The molecule has 0 saturated heterocycles. The van der Waals surface area contributed by atoms with Crippen LogP contribution in [0.4, 0.5) is 0 Å². The monoisotopic (exact) mass is 284 g/mol. The van der Waals surface area contributed by atoms with Crippen molar-refractivity contribution in [3.05, 3.63) is 33.8 Å². The van der Waals surface area contributed by atoms with Crippen LogP contribution in [0.15, 0.2) is 22.7 Å². The average Bonchev–Trinajstić information content (AvgIpc) is 2.28. The van der Waals surface area contributed by atoms with Crippen molar-refractivity contribution in [2.24, 2.45) is 5.92 Å². The molecular weight excluding hydrogens is 264 g/mol. The Kier molecular flexibility index (Phi) is 5.50. The maximum absolute atomic E-state index is 10.2. The van der Waals surface area contributed by atoms with Crippen LogP contribution in [0, 0.1) is 12.8 Å². The summed E-state index contributed by atoms with van der Waals surface area (Å²) < 4.78 is 1.01. The van der Waals surface area contributed by atoms with Crippen molar-refractivity contribution in [2.45, 2.75) is 46.1 Å². The van der Waals surface area contributed by atoms with Gasteiger partial charge in [0.15, 0.2) is 0 Å². The van der Waals surface area contributed by atoms with Gasteiger partial charge in [-0.2, -0.15) is 0 Å². The number of hydrogen-bond donors (Lipinski definition) is 1. The van der Waals surface area contributed by atoms with Gasteiger partial charge in [-0.05, 0) is 30.9 Å². The molecule has 2 heteroatoms. The molecule has 1 unspecified atom stereocenters. The first-order chi connectivity index (χ1) is 7.58. The SMILES string of the molecule is CCC(CC)CC(O)c1cc(C)ccc1Br. The van der Waals surface area contributed by atoms with Gasteiger partial charge in [0.2, 0.25) is 0 Å². The summed E-state index contributed by atoms with van der Waals surface area (Å²) in [4.78, 5) is 0. The summed E-state index contributed by atoms with van der Waals surface area (Å²) >= 11 is 3.50. The Labute approximate surface area is 107 Å². The van der Waals surface area contributed by atoms with E-state index in [9.17, 15) is 5.11 Å². The molecule has 0 bridgehead atoms. The topological polar surface area (TPSA) is 20.2 Å². The summed E-state index contributed by atoms with van der Waals surface area (Å²) in [5.74, 6) is 0.613. The molecular formula is C14H21BrO. The van der Waals surface area contributed by atoms with Crippen molar-refractivity contribution in [1.82, 2.24) is 0 Å². The van der Waals surface area contributed by atoms with Gasteiger partial charge in [-0.1, -0.05) is 60.3 Å². The fourth-order valence-electron chi connectivity index (χ4n) is 1.98. The molecule has 1 rings (SSSR count). The molecule has 0 amide bonds. The zero-order valence-electron chi connectivity index (χ0n) is 10.3. The van der Waals surface area contributed by atoms with Crippen LogP contribution in [0.2, 0.25) is 0 Å². The first-order valence-electron chi connectivity index (χ1n) is 6.02. The van der Waals surface area contributed by atoms with Crippen molar-refractivity contribution in [1.29, 1.82) is 0 Å². The Morgan fingerprint density at radius 2 is 1.88 bits per heavy atom. The van der Waals surface area contributed by atoms with Gasteiger partial charge in [0.25, 0.3) is 0 Å². The van der Waals surface area contributed by atoms with E-state index in [1.807, 2.05) is 6.07 Å². The van der Waals surface area contributed by atoms with E-state index in [0.29, 0.717) is 5.92 Å². The fourth-order valence-corrected chi connectivity index (χ4v) is 2.49. The van der Waals surface area contributed by atoms with Gasteiger partial charge in [-0.15, -0.1) is 0 Å². The number of aryl methyl sites for hydroxylation is 1. The zero-order chi connectivity index (χ0) is 12.1. The Morgan fingerprint density at radius 3 is 2.44 bits per heavy atom. The molecule has 1 aromatic rings. The summed E-state index contributed by atoms with van der Waals surface area (Å²) in [6.07, 6.45) is 2.78. The lowest BCUT2D eigenvalue weighted by Gasteiger charge is -2.19. The molecule has 90 valence electrons. The van der Waals surface area contributed by atoms with Crippen molar-refractivity contribution >= 4 is 15.9 Å². The van der Waals surface area contributed by atoms with Gasteiger partial charge in [0, 0.05) is 4.47 Å². The number of aliphatic hydroxyl groups is 1. The van der Waals surface area contributed by atoms with Gasteiger partial charge < -0.3 is 5.11 Å². The third-order valence-corrected chi connectivity index (χ3v) is 3.94. The van der Waals surface area contributed by atoms with Crippen LogP contribution in [0.5, 0.6) is 0 Å². The molecule has 16 heavy (non-hydrogen) atoms. The highest BCUT2D eigenvalue weighted by atomic mass is 79.9. The quantitative estimate of drug-likeness (QED) is 0.837. The largest absolute Gasteiger partial charge is 0.388 e. The van der Waals surface area contributed by atoms with E-state index in [-0.39, 0.29) is 6.10 Å². The maximum atomic E-state index is 10.2. The molecule has 1 aromatic carbocycles. The molecule has 0 radical (unpaired) electrons. The summed E-state index contributed by atoms with van der Waals surface area (Å²) in [5, 5.41) is 10.2. The summed E-state index contributed by atoms with van der Waals surface area (Å²) in [6.45, 7) is 6.43. The van der Waals surface area contributed by atoms with Crippen molar-refractivity contribution in [2.75, 3.05) is 0 Å². The first-order valence-corrected chi connectivity index (χ1v) is 6.81. The van der Waals surface area contributed by atoms with E-state index in [4.69, 9.17) is 0 Å². The van der Waals surface area contributed by atoms with Gasteiger partial charge in [0.05, 0.1) is 6.10 Å². The number of aliphatic hydroxyl groups excluding tert-OH is 1. The van der Waals surface area contributed by atoms with Crippen molar-refractivity contribution < 1.29 is 5.11 Å². The van der Waals surface area contributed by atoms with Crippen LogP contribution in [0.1, 0.15) is 50.3 Å². The smallest absolute Gasteiger partial charge is 0.0803 e. The summed E-state index contributed by atoms with van der Waals surface area (Å²) in [5.41, 5.74) is 2.22. The number of benzene rings is 1. The molecule has 0 heterocycles. The molecule has 0 aromatic heterocycles. The molecule has 0 aliphatic carbocycles. The third kappa shape index (κ3) is 3.60. The van der Waals surface area contributed by atoms with E-state index in [1.54, 1.807) is 0 Å². The maximum Gasteiger partial charge on any atom is 0.0803 e. The molecule has 0 saturated carbocycles. The van der Waals surface area contributed by atoms with Crippen molar-refractivity contribution in [3.63, 3.8) is 0 Å². The molecule has 0 aliphatic heterocycles. The minimum absolute atomic E-state index is 0.348. The van der Waals surface area contributed by atoms with E-state index in [1.165, 1.54) is 5.56 Å². The minimum atomic E-state index is -0.348. The van der Waals surface area contributed by atoms with E-state index < -0.39 is 0 Å². The second-order valence-corrected chi connectivity index (χ2v) is 5.31. The normalized spacial score (nSPS) is 13.1. The molecule has 1 nitrogen and oxygen atoms in total. The van der Waals surface area contributed by atoms with Crippen LogP contribution in [0.25, 0.3) is 0 Å². The summed E-state index contributed by atoms with van der Waals surface area (Å²) in [6, 6.07) is 6.13. The molecule has 0 aliphatic rings. The second-order valence-electron chi connectivity index (χ2n) is 4.46. The van der Waals surface area contributed by atoms with Crippen molar-refractivity contribution in [3.8, 4) is 0 Å². The molecule has 1 atom stereocenters. The van der Waals surface area contributed by atoms with Gasteiger partial charge in [-0.25, -0.2) is 0 Å². The molecule has 0 fully saturated rings. The summed E-state index contributed by atoms with van der Waals surface area (Å²) in [7, 11) is 0. The molecule has 1 N–H and O–H groups in total. The van der Waals surface area contributed by atoms with Gasteiger partial charge in [-0.3, -0.25) is 0 Å². The third-order valence-electron chi connectivity index (χ3n) is 3.22. The first kappa shape index (κ1) is 13.7. The lowest BCUT2D eigenvalue weighted by atomic mass is 9.92. The Hall–Kier alpha value is -0.340. The highest BCUT2D eigenvalue weighted by molar-refractivity contribution is 9.10. The van der Waals surface area contributed by atoms with Crippen LogP contribution < -0.4 is 0 Å². The zero-order valence-corrected chi connectivity index (χ0v) is 11.9. The van der Waals surface area contributed by atoms with Crippen LogP contribution in [-0.4, -0.2) is 5.11 Å². The van der Waals surface area contributed by atoms with E-state index in [0.717, 1.165) is 29.3 Å². The lowest BCUT2D eigenvalue weighted by Crippen LogP contribution is -2.06. The predicted octanol–water partition coefficient (Wildman–Crippen LogP) is 4.62. The molecule has 0 spiro atoms. The Morgan fingerprint density at radius 1 is 1.25 bits per heavy atom. The van der Waals surface area contributed by atoms with Crippen LogP contribution in [0.3, 0.4) is 0 Å². The van der Waals surface area contributed by atoms with E-state index >= 15 is 0 Å². The van der Waals surface area contributed by atoms with Gasteiger partial charge in [0.1, 0.15) is 0 Å². The fraction of sp³-hybridized carbons (Fsp3) is 0.571. The predicted molar refractivity (Wildman–Crippen MR) is 72.5 cm³/mol. The number of rotatable bonds is 5. The standard InChI is InChI=1S/C14H21BrO/c1-4-11(5-2)9-14(16)12-8-10(3)6-7-13(12)15/h6-8,11,14,16H,4-5,9H2,1-3H3. The Bertz CT molecular complexity index is 332. The lowest BCUT2D eigenvalue weighted by molar-refractivity contribution is 0.140. The number of halogens is 1. The van der Waals surface area contributed by atoms with Crippen LogP contribution >= 0.6 is 15.9 Å². The number of hydrogen-bond acceptors (Lipinski definition) is 1. The Balaban J connectivity index is 2.79. The highest BCUT2D eigenvalue weighted by Crippen LogP contribution is 2.30. The average molecular weight is 285 g/mol. The minimum Gasteiger partial charge on any atom is -0.388 e.